The Morgan fingerprint density at radius 1 is 1.22 bits per heavy atom. The van der Waals surface area contributed by atoms with Gasteiger partial charge in [0.05, 0.1) is 13.2 Å². The number of nitrogens with zero attached hydrogens (tertiary/aromatic N) is 2. The maximum Gasteiger partial charge on any atom is 0.234 e. The third-order valence-electron chi connectivity index (χ3n) is 4.39. The number of carbonyl (C=O) groups excluding carboxylic acids is 1. The van der Waals surface area contributed by atoms with Crippen molar-refractivity contribution < 1.29 is 9.90 Å². The lowest BCUT2D eigenvalue weighted by Gasteiger charge is -2.43. The van der Waals surface area contributed by atoms with Gasteiger partial charge < -0.3 is 10.4 Å². The van der Waals surface area contributed by atoms with Crippen molar-refractivity contribution in [2.75, 3.05) is 39.3 Å². The van der Waals surface area contributed by atoms with Crippen LogP contribution in [-0.4, -0.2) is 65.7 Å². The average Bonchev–Trinajstić information content (AvgIpc) is 2.55. The van der Waals surface area contributed by atoms with Gasteiger partial charge in [0.2, 0.25) is 5.91 Å². The maximum absolute atomic E-state index is 12.1. The van der Waals surface area contributed by atoms with Crippen LogP contribution in [0.25, 0.3) is 0 Å². The van der Waals surface area contributed by atoms with Crippen LogP contribution < -0.4 is 5.32 Å². The van der Waals surface area contributed by atoms with E-state index in [-0.39, 0.29) is 18.1 Å². The average molecular weight is 340 g/mol. The van der Waals surface area contributed by atoms with E-state index in [0.717, 1.165) is 31.7 Å². The molecule has 1 heterocycles. The second-order valence-corrected chi connectivity index (χ2v) is 7.07. The van der Waals surface area contributed by atoms with Gasteiger partial charge in [-0.25, -0.2) is 0 Å². The van der Waals surface area contributed by atoms with Crippen molar-refractivity contribution in [2.24, 2.45) is 0 Å². The van der Waals surface area contributed by atoms with Crippen LogP contribution in [0, 0.1) is 0 Å². The number of amides is 1. The smallest absolute Gasteiger partial charge is 0.234 e. The molecule has 23 heavy (non-hydrogen) atoms. The minimum Gasteiger partial charge on any atom is -0.394 e. The first kappa shape index (κ1) is 18.2. The van der Waals surface area contributed by atoms with Crippen molar-refractivity contribution in [1.29, 1.82) is 0 Å². The predicted octanol–water partition coefficient (Wildman–Crippen LogP) is 1.34. The molecule has 6 heteroatoms. The summed E-state index contributed by atoms with van der Waals surface area (Å²) in [6, 6.07) is 7.48. The van der Waals surface area contributed by atoms with Crippen molar-refractivity contribution in [2.45, 2.75) is 25.9 Å². The van der Waals surface area contributed by atoms with Crippen LogP contribution >= 0.6 is 11.6 Å². The zero-order valence-electron chi connectivity index (χ0n) is 13.9. The lowest BCUT2D eigenvalue weighted by molar-refractivity contribution is -0.123. The first-order valence-electron chi connectivity index (χ1n) is 8.00. The summed E-state index contributed by atoms with van der Waals surface area (Å²) in [4.78, 5) is 16.5. The molecule has 5 nitrogen and oxygen atoms in total. The van der Waals surface area contributed by atoms with Gasteiger partial charge in [-0.05, 0) is 31.5 Å². The molecule has 0 saturated carbocycles. The van der Waals surface area contributed by atoms with Crippen molar-refractivity contribution in [3.8, 4) is 0 Å². The van der Waals surface area contributed by atoms with Gasteiger partial charge in [0, 0.05) is 43.3 Å². The molecule has 2 rings (SSSR count). The molecule has 1 aromatic rings. The Labute approximate surface area is 143 Å². The van der Waals surface area contributed by atoms with Crippen molar-refractivity contribution in [3.05, 3.63) is 34.9 Å². The molecular formula is C17H26ClN3O2. The highest BCUT2D eigenvalue weighted by Crippen LogP contribution is 2.16. The van der Waals surface area contributed by atoms with E-state index < -0.39 is 0 Å². The van der Waals surface area contributed by atoms with E-state index in [1.54, 1.807) is 0 Å². The topological polar surface area (TPSA) is 55.8 Å². The Morgan fingerprint density at radius 3 is 2.39 bits per heavy atom. The van der Waals surface area contributed by atoms with E-state index >= 15 is 0 Å². The summed E-state index contributed by atoms with van der Waals surface area (Å²) >= 11 is 5.84. The minimum atomic E-state index is -0.192. The van der Waals surface area contributed by atoms with Gasteiger partial charge in [-0.3, -0.25) is 14.6 Å². The number of carbonyl (C=O) groups is 1. The van der Waals surface area contributed by atoms with Crippen LogP contribution in [0.1, 0.15) is 19.4 Å². The van der Waals surface area contributed by atoms with Crippen LogP contribution in [-0.2, 0) is 11.3 Å². The number of hydrogen-bond acceptors (Lipinski definition) is 4. The first-order chi connectivity index (χ1) is 10.9. The van der Waals surface area contributed by atoms with E-state index in [0.29, 0.717) is 18.1 Å². The van der Waals surface area contributed by atoms with Gasteiger partial charge in [0.1, 0.15) is 0 Å². The normalized spacial score (nSPS) is 17.2. The predicted molar refractivity (Wildman–Crippen MR) is 92.5 cm³/mol. The van der Waals surface area contributed by atoms with Crippen LogP contribution in [0.5, 0.6) is 0 Å². The summed E-state index contributed by atoms with van der Waals surface area (Å²) in [6.07, 6.45) is 0. The Balaban J connectivity index is 1.71. The molecule has 128 valence electrons. The summed E-state index contributed by atoms with van der Waals surface area (Å²) in [5.41, 5.74) is 0.848. The molecule has 0 aromatic heterocycles. The second kappa shape index (κ2) is 8.11. The number of halogens is 1. The zero-order valence-corrected chi connectivity index (χ0v) is 14.6. The summed E-state index contributed by atoms with van der Waals surface area (Å²) in [5, 5.41) is 13.1. The minimum absolute atomic E-state index is 0.0369. The van der Waals surface area contributed by atoms with Gasteiger partial charge in [-0.15, -0.1) is 0 Å². The van der Waals surface area contributed by atoms with Gasteiger partial charge in [0.15, 0.2) is 0 Å². The van der Waals surface area contributed by atoms with E-state index in [1.807, 2.05) is 38.1 Å². The zero-order chi connectivity index (χ0) is 16.9. The molecule has 1 aliphatic heterocycles. The molecule has 0 aliphatic carbocycles. The second-order valence-electron chi connectivity index (χ2n) is 6.64. The largest absolute Gasteiger partial charge is 0.394 e. The molecule has 0 radical (unpaired) electrons. The fraction of sp³-hybridized carbons (Fsp3) is 0.588. The molecule has 1 aromatic carbocycles. The maximum atomic E-state index is 12.1. The fourth-order valence-electron chi connectivity index (χ4n) is 2.67. The summed E-state index contributed by atoms with van der Waals surface area (Å²) in [7, 11) is 0. The number of aliphatic hydroxyl groups excluding tert-OH is 1. The van der Waals surface area contributed by atoms with E-state index in [1.165, 1.54) is 0 Å². The quantitative estimate of drug-likeness (QED) is 0.821. The van der Waals surface area contributed by atoms with Crippen LogP contribution in [0.4, 0.5) is 0 Å². The van der Waals surface area contributed by atoms with Crippen molar-refractivity contribution in [3.63, 3.8) is 0 Å². The summed E-state index contributed by atoms with van der Waals surface area (Å²) in [5.74, 6) is 0.0369. The Hall–Kier alpha value is -1.14. The number of piperazine rings is 1. The van der Waals surface area contributed by atoms with Gasteiger partial charge >= 0.3 is 0 Å². The van der Waals surface area contributed by atoms with Crippen LogP contribution in [0.15, 0.2) is 24.3 Å². The Kier molecular flexibility index (Phi) is 6.41. The molecule has 1 fully saturated rings. The molecule has 0 bridgehead atoms. The first-order valence-corrected chi connectivity index (χ1v) is 8.38. The highest BCUT2D eigenvalue weighted by atomic mass is 35.5. The molecule has 0 atom stereocenters. The molecule has 1 aliphatic rings. The van der Waals surface area contributed by atoms with E-state index in [2.05, 4.69) is 15.1 Å². The number of aliphatic hydroxyl groups is 1. The van der Waals surface area contributed by atoms with Crippen molar-refractivity contribution in [1.82, 2.24) is 15.1 Å². The fourth-order valence-corrected chi connectivity index (χ4v) is 2.80. The number of rotatable bonds is 6. The lowest BCUT2D eigenvalue weighted by Crippen LogP contribution is -2.57. The number of hydrogen-bond donors (Lipinski definition) is 2. The third kappa shape index (κ3) is 5.46. The van der Waals surface area contributed by atoms with Gasteiger partial charge in [-0.1, -0.05) is 23.7 Å². The lowest BCUT2D eigenvalue weighted by atomic mass is 10.0. The monoisotopic (exact) mass is 339 g/mol. The number of benzene rings is 1. The Morgan fingerprint density at radius 2 is 1.83 bits per heavy atom. The summed E-state index contributed by atoms with van der Waals surface area (Å²) in [6.45, 7) is 8.61. The molecule has 0 unspecified atom stereocenters. The third-order valence-corrected chi connectivity index (χ3v) is 4.64. The highest BCUT2D eigenvalue weighted by molar-refractivity contribution is 6.30. The van der Waals surface area contributed by atoms with Crippen molar-refractivity contribution >= 4 is 17.5 Å². The van der Waals surface area contributed by atoms with Gasteiger partial charge in [-0.2, -0.15) is 0 Å². The molecule has 1 saturated heterocycles. The van der Waals surface area contributed by atoms with E-state index in [4.69, 9.17) is 11.6 Å². The molecule has 0 spiro atoms. The SMILES string of the molecule is CC(C)(CO)N1CCN(CC(=O)NCc2ccc(Cl)cc2)CC1. The molecular weight excluding hydrogens is 314 g/mol. The summed E-state index contributed by atoms with van der Waals surface area (Å²) < 4.78 is 0. The Bertz CT molecular complexity index is 511. The molecule has 1 amide bonds. The van der Waals surface area contributed by atoms with Crippen LogP contribution in [0.3, 0.4) is 0 Å². The standard InChI is InChI=1S/C17H26ClN3O2/c1-17(2,13-22)21-9-7-20(8-10-21)12-16(23)19-11-14-3-5-15(18)6-4-14/h3-6,22H,7-13H2,1-2H3,(H,19,23). The number of nitrogens with one attached hydrogen (secondary N) is 1. The van der Waals surface area contributed by atoms with Gasteiger partial charge in [0.25, 0.3) is 0 Å². The highest BCUT2D eigenvalue weighted by Gasteiger charge is 2.29. The van der Waals surface area contributed by atoms with E-state index in [9.17, 15) is 9.90 Å². The van der Waals surface area contributed by atoms with Crippen LogP contribution in [0.2, 0.25) is 5.02 Å². The molecule has 2 N–H and O–H groups in total.